The molecule has 2 heterocycles. The molecule has 0 saturated heterocycles. The van der Waals surface area contributed by atoms with Crippen molar-refractivity contribution in [3.63, 3.8) is 0 Å². The second-order valence-corrected chi connectivity index (χ2v) is 5.78. The molecule has 1 saturated carbocycles. The average Bonchev–Trinajstić information content (AvgIpc) is 3.10. The van der Waals surface area contributed by atoms with Crippen molar-refractivity contribution in [2.24, 2.45) is 0 Å². The molecule has 5 heteroatoms. The average molecular weight is 287 g/mol. The van der Waals surface area contributed by atoms with E-state index in [9.17, 15) is 0 Å². The zero-order valence-corrected chi connectivity index (χ0v) is 11.8. The summed E-state index contributed by atoms with van der Waals surface area (Å²) in [7, 11) is 0. The summed E-state index contributed by atoms with van der Waals surface area (Å²) in [6.45, 7) is 0. The molecule has 0 bridgehead atoms. The zero-order chi connectivity index (χ0) is 13.5. The minimum atomic E-state index is 0.521. The van der Waals surface area contributed by atoms with Gasteiger partial charge in [-0.1, -0.05) is 24.4 Å². The number of hydrogen-bond donors (Lipinski definition) is 1. The molecule has 0 unspecified atom stereocenters. The number of rotatable bonds is 2. The quantitative estimate of drug-likeness (QED) is 0.777. The first-order valence-electron chi connectivity index (χ1n) is 7.00. The van der Waals surface area contributed by atoms with Crippen LogP contribution in [0.1, 0.15) is 25.7 Å². The zero-order valence-electron chi connectivity index (χ0n) is 11.0. The molecule has 4 nitrogen and oxygen atoms in total. The number of benzene rings is 1. The third-order valence-electron chi connectivity index (χ3n) is 3.98. The molecule has 0 spiro atoms. The van der Waals surface area contributed by atoms with Gasteiger partial charge < -0.3 is 5.32 Å². The molecule has 3 aromatic rings. The molecule has 1 aliphatic carbocycles. The second-order valence-electron chi connectivity index (χ2n) is 5.34. The van der Waals surface area contributed by atoms with Crippen molar-refractivity contribution < 1.29 is 0 Å². The minimum Gasteiger partial charge on any atom is -0.364 e. The van der Waals surface area contributed by atoms with Gasteiger partial charge in [0.15, 0.2) is 11.5 Å². The van der Waals surface area contributed by atoms with Crippen molar-refractivity contribution in [2.45, 2.75) is 31.7 Å². The number of halogens is 1. The molecule has 0 radical (unpaired) electrons. The molecular formula is C15H15ClN4. The van der Waals surface area contributed by atoms with Crippen LogP contribution in [0.5, 0.6) is 0 Å². The highest BCUT2D eigenvalue weighted by atomic mass is 35.5. The fourth-order valence-corrected chi connectivity index (χ4v) is 3.15. The van der Waals surface area contributed by atoms with Gasteiger partial charge in [-0.3, -0.25) is 4.40 Å². The van der Waals surface area contributed by atoms with E-state index in [-0.39, 0.29) is 0 Å². The summed E-state index contributed by atoms with van der Waals surface area (Å²) in [5.41, 5.74) is 2.79. The summed E-state index contributed by atoms with van der Waals surface area (Å²) < 4.78 is 2.05. The molecule has 1 aliphatic rings. The lowest BCUT2D eigenvalue weighted by Gasteiger charge is -2.14. The van der Waals surface area contributed by atoms with Crippen molar-refractivity contribution in [3.05, 3.63) is 35.6 Å². The first-order chi connectivity index (χ1) is 9.81. The maximum absolute atomic E-state index is 6.09. The minimum absolute atomic E-state index is 0.521. The first-order valence-corrected chi connectivity index (χ1v) is 7.38. The van der Waals surface area contributed by atoms with Gasteiger partial charge in [-0.25, -0.2) is 9.97 Å². The number of aromatic nitrogens is 3. The number of hydrogen-bond acceptors (Lipinski definition) is 3. The van der Waals surface area contributed by atoms with E-state index >= 15 is 0 Å². The fourth-order valence-electron chi connectivity index (χ4n) is 2.99. The molecule has 1 aromatic carbocycles. The van der Waals surface area contributed by atoms with Gasteiger partial charge in [-0.2, -0.15) is 0 Å². The highest BCUT2D eigenvalue weighted by Gasteiger charge is 2.17. The van der Waals surface area contributed by atoms with Crippen LogP contribution < -0.4 is 5.32 Å². The Morgan fingerprint density at radius 3 is 2.95 bits per heavy atom. The molecule has 102 valence electrons. The Kier molecular flexibility index (Phi) is 2.77. The number of nitrogens with one attached hydrogen (secondary N) is 1. The maximum atomic E-state index is 6.09. The van der Waals surface area contributed by atoms with Gasteiger partial charge in [-0.15, -0.1) is 0 Å². The highest BCUT2D eigenvalue weighted by molar-refractivity contribution is 6.31. The Morgan fingerprint density at radius 2 is 2.10 bits per heavy atom. The molecule has 1 N–H and O–H groups in total. The van der Waals surface area contributed by atoms with Gasteiger partial charge in [0.2, 0.25) is 0 Å². The van der Waals surface area contributed by atoms with Crippen LogP contribution in [0.2, 0.25) is 5.02 Å². The molecule has 20 heavy (non-hydrogen) atoms. The van der Waals surface area contributed by atoms with Crippen LogP contribution in [-0.2, 0) is 0 Å². The first kappa shape index (κ1) is 12.0. The monoisotopic (exact) mass is 286 g/mol. The predicted octanol–water partition coefficient (Wildman–Crippen LogP) is 3.89. The normalized spacial score (nSPS) is 16.2. The van der Waals surface area contributed by atoms with Gasteiger partial charge >= 0.3 is 0 Å². The lowest BCUT2D eigenvalue weighted by Crippen LogP contribution is -2.16. The molecule has 2 aromatic heterocycles. The van der Waals surface area contributed by atoms with Gasteiger partial charge in [0.05, 0.1) is 11.0 Å². The summed E-state index contributed by atoms with van der Waals surface area (Å²) in [5, 5.41) is 4.26. The Balaban J connectivity index is 1.90. The Morgan fingerprint density at radius 1 is 1.25 bits per heavy atom. The highest BCUT2D eigenvalue weighted by Crippen LogP contribution is 2.26. The summed E-state index contributed by atoms with van der Waals surface area (Å²) in [5.74, 6) is 0.872. The number of imidazole rings is 1. The van der Waals surface area contributed by atoms with E-state index < -0.39 is 0 Å². The Bertz CT molecular complexity index is 774. The molecule has 0 amide bonds. The second kappa shape index (κ2) is 4.63. The lowest BCUT2D eigenvalue weighted by molar-refractivity contribution is 0.751. The van der Waals surface area contributed by atoms with Crippen LogP contribution in [0.3, 0.4) is 0 Å². The van der Waals surface area contributed by atoms with Crippen molar-refractivity contribution in [1.82, 2.24) is 14.4 Å². The van der Waals surface area contributed by atoms with E-state index in [1.165, 1.54) is 25.7 Å². The van der Waals surface area contributed by atoms with E-state index in [1.807, 2.05) is 28.8 Å². The summed E-state index contributed by atoms with van der Waals surface area (Å²) in [6.07, 6.45) is 8.78. The van der Waals surface area contributed by atoms with Crippen LogP contribution in [-0.4, -0.2) is 20.4 Å². The van der Waals surface area contributed by atoms with Crippen LogP contribution in [0.25, 0.3) is 16.7 Å². The lowest BCUT2D eigenvalue weighted by atomic mass is 10.2. The fraction of sp³-hybridized carbons (Fsp3) is 0.333. The van der Waals surface area contributed by atoms with E-state index in [0.29, 0.717) is 11.1 Å². The van der Waals surface area contributed by atoms with Gasteiger partial charge in [0.1, 0.15) is 0 Å². The standard InChI is InChI=1S/C15H15ClN4/c16-10-5-6-12-13(9-10)20-8-7-17-15(20)14(19-12)18-11-3-1-2-4-11/h5-9,11H,1-4H2,(H,18,19). The Labute approximate surface area is 121 Å². The Hall–Kier alpha value is -1.81. The van der Waals surface area contributed by atoms with E-state index in [1.54, 1.807) is 6.20 Å². The number of nitrogens with zero attached hydrogens (tertiary/aromatic N) is 3. The van der Waals surface area contributed by atoms with Gasteiger partial charge in [0, 0.05) is 23.5 Å². The third kappa shape index (κ3) is 1.91. The van der Waals surface area contributed by atoms with E-state index in [2.05, 4.69) is 10.3 Å². The summed E-state index contributed by atoms with van der Waals surface area (Å²) >= 11 is 6.09. The van der Waals surface area contributed by atoms with Crippen molar-refractivity contribution in [2.75, 3.05) is 5.32 Å². The van der Waals surface area contributed by atoms with Crippen LogP contribution in [0.4, 0.5) is 5.82 Å². The smallest absolute Gasteiger partial charge is 0.180 e. The van der Waals surface area contributed by atoms with Crippen molar-refractivity contribution in [1.29, 1.82) is 0 Å². The molecule has 1 fully saturated rings. The SMILES string of the molecule is Clc1ccc2nc(NC3CCCC3)c3nccn3c2c1. The molecule has 4 rings (SSSR count). The van der Waals surface area contributed by atoms with Gasteiger partial charge in [0.25, 0.3) is 0 Å². The summed E-state index contributed by atoms with van der Waals surface area (Å²) in [4.78, 5) is 9.16. The van der Waals surface area contributed by atoms with E-state index in [4.69, 9.17) is 16.6 Å². The molecule has 0 atom stereocenters. The number of fused-ring (bicyclic) bond motifs is 3. The van der Waals surface area contributed by atoms with Gasteiger partial charge in [-0.05, 0) is 31.0 Å². The third-order valence-corrected chi connectivity index (χ3v) is 4.21. The van der Waals surface area contributed by atoms with Crippen LogP contribution >= 0.6 is 11.6 Å². The van der Waals surface area contributed by atoms with Crippen LogP contribution in [0, 0.1) is 0 Å². The van der Waals surface area contributed by atoms with Crippen molar-refractivity contribution >= 4 is 34.1 Å². The van der Waals surface area contributed by atoms with E-state index in [0.717, 1.165) is 22.5 Å². The largest absolute Gasteiger partial charge is 0.364 e. The van der Waals surface area contributed by atoms with Crippen LogP contribution in [0.15, 0.2) is 30.6 Å². The predicted molar refractivity (Wildman–Crippen MR) is 81.4 cm³/mol. The summed E-state index contributed by atoms with van der Waals surface area (Å²) in [6, 6.07) is 6.28. The van der Waals surface area contributed by atoms with Crippen molar-refractivity contribution in [3.8, 4) is 0 Å². The molecular weight excluding hydrogens is 272 g/mol. The topological polar surface area (TPSA) is 42.2 Å². The molecule has 0 aliphatic heterocycles. The number of anilines is 1. The maximum Gasteiger partial charge on any atom is 0.180 e.